The van der Waals surface area contributed by atoms with Gasteiger partial charge in [-0.25, -0.2) is 8.42 Å². The largest absolute Gasteiger partial charge is 0.224 e. The predicted octanol–water partition coefficient (Wildman–Crippen LogP) is 1.59. The van der Waals surface area contributed by atoms with E-state index in [1.54, 1.807) is 6.92 Å². The Kier molecular flexibility index (Phi) is 3.09. The van der Waals surface area contributed by atoms with Crippen molar-refractivity contribution in [2.75, 3.05) is 0 Å². The second-order valence-electron chi connectivity index (χ2n) is 2.70. The highest BCUT2D eigenvalue weighted by atomic mass is 32.2. The lowest BCUT2D eigenvalue weighted by molar-refractivity contribution is 0.554. The van der Waals surface area contributed by atoms with Crippen LogP contribution in [0, 0.1) is 5.92 Å². The van der Waals surface area contributed by atoms with Crippen LogP contribution in [0.3, 0.4) is 0 Å². The quantitative estimate of drug-likeness (QED) is 0.631. The molecule has 1 unspecified atom stereocenters. The zero-order chi connectivity index (χ0) is 8.36. The van der Waals surface area contributed by atoms with Crippen molar-refractivity contribution in [1.82, 2.24) is 0 Å². The Labute approximate surface area is 62.9 Å². The lowest BCUT2D eigenvalue weighted by Gasteiger charge is -2.12. The standard InChI is InChI=1S/C7H14O2S/c1-5-10(8,9)7(4)6(2)3/h5-7H,1H2,2-4H3. The first kappa shape index (κ1) is 9.69. The maximum absolute atomic E-state index is 11.0. The van der Waals surface area contributed by atoms with Crippen molar-refractivity contribution in [2.24, 2.45) is 5.92 Å². The van der Waals surface area contributed by atoms with Crippen molar-refractivity contribution in [1.29, 1.82) is 0 Å². The molecule has 0 aliphatic carbocycles. The SMILES string of the molecule is C=CS(=O)(=O)C(C)C(C)C. The van der Waals surface area contributed by atoms with Gasteiger partial charge in [0, 0.05) is 5.41 Å². The Hall–Kier alpha value is -0.310. The van der Waals surface area contributed by atoms with Crippen molar-refractivity contribution in [2.45, 2.75) is 26.0 Å². The molecule has 3 heteroatoms. The number of rotatable bonds is 3. The van der Waals surface area contributed by atoms with E-state index in [0.29, 0.717) is 0 Å². The molecule has 0 aliphatic rings. The third-order valence-electron chi connectivity index (χ3n) is 1.69. The molecule has 0 heterocycles. The van der Waals surface area contributed by atoms with E-state index in [2.05, 4.69) is 6.58 Å². The third-order valence-corrected chi connectivity index (χ3v) is 3.73. The van der Waals surface area contributed by atoms with Gasteiger partial charge in [-0.2, -0.15) is 0 Å². The van der Waals surface area contributed by atoms with Crippen molar-refractivity contribution in [3.8, 4) is 0 Å². The summed E-state index contributed by atoms with van der Waals surface area (Å²) in [6, 6.07) is 0. The Balaban J connectivity index is 4.50. The monoisotopic (exact) mass is 162 g/mol. The maximum Gasteiger partial charge on any atom is 0.173 e. The van der Waals surface area contributed by atoms with E-state index in [0.717, 1.165) is 5.41 Å². The summed E-state index contributed by atoms with van der Waals surface area (Å²) < 4.78 is 22.0. The summed E-state index contributed by atoms with van der Waals surface area (Å²) in [5, 5.41) is 0.711. The molecule has 0 amide bonds. The van der Waals surface area contributed by atoms with E-state index >= 15 is 0 Å². The number of hydrogen-bond acceptors (Lipinski definition) is 2. The van der Waals surface area contributed by atoms with Crippen LogP contribution in [0.1, 0.15) is 20.8 Å². The van der Waals surface area contributed by atoms with Gasteiger partial charge in [0.05, 0.1) is 5.25 Å². The zero-order valence-corrected chi connectivity index (χ0v) is 7.48. The first-order chi connectivity index (χ1) is 4.41. The molecule has 0 aromatic carbocycles. The minimum absolute atomic E-state index is 0.156. The lowest BCUT2D eigenvalue weighted by Crippen LogP contribution is -2.20. The second kappa shape index (κ2) is 3.19. The number of sulfone groups is 1. The van der Waals surface area contributed by atoms with Gasteiger partial charge in [-0.1, -0.05) is 20.4 Å². The molecule has 0 fully saturated rings. The minimum atomic E-state index is -3.03. The topological polar surface area (TPSA) is 34.1 Å². The molecule has 0 rings (SSSR count). The summed E-state index contributed by atoms with van der Waals surface area (Å²) >= 11 is 0. The van der Waals surface area contributed by atoms with Crippen LogP contribution in [0.4, 0.5) is 0 Å². The van der Waals surface area contributed by atoms with Crippen LogP contribution >= 0.6 is 0 Å². The van der Waals surface area contributed by atoms with Crippen molar-refractivity contribution < 1.29 is 8.42 Å². The fraction of sp³-hybridized carbons (Fsp3) is 0.714. The van der Waals surface area contributed by atoms with Gasteiger partial charge >= 0.3 is 0 Å². The van der Waals surface area contributed by atoms with Gasteiger partial charge in [0.15, 0.2) is 9.84 Å². The summed E-state index contributed by atoms with van der Waals surface area (Å²) in [5.41, 5.74) is 0. The van der Waals surface area contributed by atoms with Crippen LogP contribution in [-0.2, 0) is 9.84 Å². The summed E-state index contributed by atoms with van der Waals surface area (Å²) in [7, 11) is -3.03. The van der Waals surface area contributed by atoms with E-state index in [9.17, 15) is 8.42 Å². The molecule has 0 radical (unpaired) electrons. The molecule has 0 saturated carbocycles. The summed E-state index contributed by atoms with van der Waals surface area (Å²) in [4.78, 5) is 0. The van der Waals surface area contributed by atoms with Gasteiger partial charge in [0.25, 0.3) is 0 Å². The highest BCUT2D eigenvalue weighted by Gasteiger charge is 2.19. The van der Waals surface area contributed by atoms with Crippen molar-refractivity contribution in [3.05, 3.63) is 12.0 Å². The Bertz CT molecular complexity index is 202. The van der Waals surface area contributed by atoms with Crippen LogP contribution in [0.5, 0.6) is 0 Å². The highest BCUT2D eigenvalue weighted by Crippen LogP contribution is 2.12. The molecule has 2 nitrogen and oxygen atoms in total. The molecule has 60 valence electrons. The molecule has 0 aliphatic heterocycles. The fourth-order valence-corrected chi connectivity index (χ4v) is 1.59. The van der Waals surface area contributed by atoms with Gasteiger partial charge in [0.2, 0.25) is 0 Å². The van der Waals surface area contributed by atoms with E-state index < -0.39 is 9.84 Å². The van der Waals surface area contributed by atoms with E-state index in [1.807, 2.05) is 13.8 Å². The lowest BCUT2D eigenvalue weighted by atomic mass is 10.2. The second-order valence-corrected chi connectivity index (χ2v) is 4.96. The Morgan fingerprint density at radius 2 is 1.70 bits per heavy atom. The van der Waals surface area contributed by atoms with Gasteiger partial charge < -0.3 is 0 Å². The van der Waals surface area contributed by atoms with Crippen LogP contribution < -0.4 is 0 Å². The molecule has 0 saturated heterocycles. The molecular formula is C7H14O2S. The molecular weight excluding hydrogens is 148 g/mol. The third kappa shape index (κ3) is 2.14. The van der Waals surface area contributed by atoms with E-state index in [4.69, 9.17) is 0 Å². The van der Waals surface area contributed by atoms with Gasteiger partial charge in [-0.05, 0) is 12.8 Å². The van der Waals surface area contributed by atoms with E-state index in [-0.39, 0.29) is 11.2 Å². The molecule has 0 bridgehead atoms. The van der Waals surface area contributed by atoms with Crippen LogP contribution in [0.25, 0.3) is 0 Å². The fourth-order valence-electron chi connectivity index (χ4n) is 0.531. The van der Waals surface area contributed by atoms with Crippen molar-refractivity contribution in [3.63, 3.8) is 0 Å². The molecule has 0 N–H and O–H groups in total. The highest BCUT2D eigenvalue weighted by molar-refractivity contribution is 7.94. The Morgan fingerprint density at radius 1 is 1.30 bits per heavy atom. The average Bonchev–Trinajstić information content (AvgIpc) is 1.86. The van der Waals surface area contributed by atoms with E-state index in [1.165, 1.54) is 0 Å². The molecule has 0 spiro atoms. The zero-order valence-electron chi connectivity index (χ0n) is 6.66. The predicted molar refractivity (Wildman–Crippen MR) is 43.4 cm³/mol. The summed E-state index contributed by atoms with van der Waals surface area (Å²) in [6.45, 7) is 8.71. The minimum Gasteiger partial charge on any atom is -0.224 e. The summed E-state index contributed by atoms with van der Waals surface area (Å²) in [5.74, 6) is 0.156. The van der Waals surface area contributed by atoms with Crippen LogP contribution in [0.15, 0.2) is 12.0 Å². The van der Waals surface area contributed by atoms with Gasteiger partial charge in [-0.3, -0.25) is 0 Å². The first-order valence-electron chi connectivity index (χ1n) is 3.28. The smallest absolute Gasteiger partial charge is 0.173 e. The maximum atomic E-state index is 11.0. The van der Waals surface area contributed by atoms with Gasteiger partial charge in [-0.15, -0.1) is 0 Å². The van der Waals surface area contributed by atoms with Crippen LogP contribution in [-0.4, -0.2) is 13.7 Å². The molecule has 10 heavy (non-hydrogen) atoms. The molecule has 1 atom stereocenters. The van der Waals surface area contributed by atoms with Crippen molar-refractivity contribution >= 4 is 9.84 Å². The average molecular weight is 162 g/mol. The summed E-state index contributed by atoms with van der Waals surface area (Å²) in [6.07, 6.45) is 0. The van der Waals surface area contributed by atoms with Crippen LogP contribution in [0.2, 0.25) is 0 Å². The Morgan fingerprint density at radius 3 is 1.80 bits per heavy atom. The van der Waals surface area contributed by atoms with Gasteiger partial charge in [0.1, 0.15) is 0 Å². The first-order valence-corrected chi connectivity index (χ1v) is 4.89. The number of hydrogen-bond donors (Lipinski definition) is 0. The normalized spacial score (nSPS) is 15.2. The molecule has 0 aromatic rings. The molecule has 0 aromatic heterocycles.